The number of benzene rings is 1. The first kappa shape index (κ1) is 19.6. The minimum absolute atomic E-state index is 0.0540. The quantitative estimate of drug-likeness (QED) is 0.698. The molecule has 7 nitrogen and oxygen atoms in total. The number of hydrogen-bond acceptors (Lipinski definition) is 6. The number of carbonyl (C=O) groups excluding carboxylic acids is 1. The summed E-state index contributed by atoms with van der Waals surface area (Å²) in [5, 5.41) is 3.70. The second-order valence-electron chi connectivity index (χ2n) is 7.78. The first-order chi connectivity index (χ1) is 14.0. The van der Waals surface area contributed by atoms with Gasteiger partial charge in [0.25, 0.3) is 5.56 Å². The van der Waals surface area contributed by atoms with E-state index in [1.807, 2.05) is 31.2 Å². The molecule has 1 aliphatic rings. The number of hydrogen-bond donors (Lipinski definition) is 1. The zero-order valence-electron chi connectivity index (χ0n) is 16.7. The van der Waals surface area contributed by atoms with Crippen LogP contribution in [0.2, 0.25) is 0 Å². The zero-order chi connectivity index (χ0) is 20.4. The van der Waals surface area contributed by atoms with Gasteiger partial charge in [0, 0.05) is 19.6 Å². The van der Waals surface area contributed by atoms with Crippen LogP contribution in [0.3, 0.4) is 0 Å². The highest BCUT2D eigenvalue weighted by Crippen LogP contribution is 2.28. The van der Waals surface area contributed by atoms with Gasteiger partial charge in [-0.2, -0.15) is 4.98 Å². The monoisotopic (exact) mass is 411 g/mol. The molecule has 0 aliphatic carbocycles. The van der Waals surface area contributed by atoms with Crippen LogP contribution in [0, 0.1) is 12.8 Å². The van der Waals surface area contributed by atoms with E-state index in [4.69, 9.17) is 0 Å². The number of aromatic nitrogens is 3. The maximum Gasteiger partial charge on any atom is 0.273 e. The van der Waals surface area contributed by atoms with E-state index in [9.17, 15) is 9.59 Å². The molecule has 1 amide bonds. The maximum atomic E-state index is 12.8. The Hall–Kier alpha value is -2.74. The Balaban J connectivity index is 1.46. The van der Waals surface area contributed by atoms with Crippen LogP contribution >= 0.6 is 11.3 Å². The summed E-state index contributed by atoms with van der Waals surface area (Å²) in [5.74, 6) is 0.404. The van der Waals surface area contributed by atoms with Crippen LogP contribution in [-0.4, -0.2) is 33.5 Å². The number of piperidine rings is 1. The minimum atomic E-state index is -0.219. The molecule has 3 heterocycles. The van der Waals surface area contributed by atoms with E-state index >= 15 is 0 Å². The van der Waals surface area contributed by atoms with Gasteiger partial charge in [-0.3, -0.25) is 14.2 Å². The van der Waals surface area contributed by atoms with Gasteiger partial charge in [-0.25, -0.2) is 4.98 Å². The predicted molar refractivity (Wildman–Crippen MR) is 115 cm³/mol. The standard InChI is InChI=1S/C21H25N5O2S/c1-14-5-7-16(8-6-14)10-22-17(27)12-26-13-23-19-18(20(26)28)29-21(24-19)25-9-3-4-15(2)11-25/h5-8,13,15H,3-4,9-12H2,1-2H3,(H,22,27)/t15-/m1/s1. The van der Waals surface area contributed by atoms with Crippen molar-refractivity contribution < 1.29 is 4.79 Å². The summed E-state index contributed by atoms with van der Waals surface area (Å²) in [5.41, 5.74) is 2.44. The van der Waals surface area contributed by atoms with Gasteiger partial charge in [-0.1, -0.05) is 48.1 Å². The van der Waals surface area contributed by atoms with Gasteiger partial charge >= 0.3 is 0 Å². The van der Waals surface area contributed by atoms with Crippen molar-refractivity contribution >= 4 is 32.7 Å². The summed E-state index contributed by atoms with van der Waals surface area (Å²) in [4.78, 5) is 36.2. The fourth-order valence-corrected chi connectivity index (χ4v) is 4.57. The van der Waals surface area contributed by atoms with E-state index in [1.54, 1.807) is 0 Å². The van der Waals surface area contributed by atoms with E-state index in [2.05, 4.69) is 27.1 Å². The van der Waals surface area contributed by atoms with Gasteiger partial charge in [-0.05, 0) is 31.2 Å². The smallest absolute Gasteiger partial charge is 0.273 e. The minimum Gasteiger partial charge on any atom is -0.350 e. The first-order valence-corrected chi connectivity index (χ1v) is 10.7. The Morgan fingerprint density at radius 3 is 2.86 bits per heavy atom. The zero-order valence-corrected chi connectivity index (χ0v) is 17.5. The van der Waals surface area contributed by atoms with Gasteiger partial charge in [0.05, 0.1) is 0 Å². The number of nitrogens with zero attached hydrogens (tertiary/aromatic N) is 4. The van der Waals surface area contributed by atoms with E-state index in [-0.39, 0.29) is 18.0 Å². The largest absolute Gasteiger partial charge is 0.350 e. The van der Waals surface area contributed by atoms with E-state index in [1.165, 1.54) is 34.2 Å². The summed E-state index contributed by atoms with van der Waals surface area (Å²) >= 11 is 1.37. The molecule has 0 unspecified atom stereocenters. The Morgan fingerprint density at radius 2 is 2.10 bits per heavy atom. The highest BCUT2D eigenvalue weighted by Gasteiger charge is 2.21. The molecule has 8 heteroatoms. The fraction of sp³-hybridized carbons (Fsp3) is 0.429. The molecule has 4 rings (SSSR count). The topological polar surface area (TPSA) is 80.1 Å². The third kappa shape index (κ3) is 4.48. The van der Waals surface area contributed by atoms with Crippen LogP contribution in [0.4, 0.5) is 5.13 Å². The third-order valence-corrected chi connectivity index (χ3v) is 6.32. The molecule has 1 saturated heterocycles. The number of anilines is 1. The normalized spacial score (nSPS) is 16.9. The molecule has 1 aromatic carbocycles. The molecule has 0 bridgehead atoms. The SMILES string of the molecule is Cc1ccc(CNC(=O)Cn2cnc3nc(N4CCC[C@@H](C)C4)sc3c2=O)cc1. The summed E-state index contributed by atoms with van der Waals surface area (Å²) in [6.45, 7) is 6.55. The highest BCUT2D eigenvalue weighted by molar-refractivity contribution is 7.22. The van der Waals surface area contributed by atoms with Crippen molar-refractivity contribution in [2.45, 2.75) is 39.8 Å². The molecule has 29 heavy (non-hydrogen) atoms. The van der Waals surface area contributed by atoms with E-state index < -0.39 is 0 Å². The molecule has 0 radical (unpaired) electrons. The molecule has 0 saturated carbocycles. The lowest BCUT2D eigenvalue weighted by Crippen LogP contribution is -2.34. The molecule has 1 fully saturated rings. The van der Waals surface area contributed by atoms with Crippen molar-refractivity contribution in [1.82, 2.24) is 19.9 Å². The van der Waals surface area contributed by atoms with Crippen molar-refractivity contribution in [3.63, 3.8) is 0 Å². The third-order valence-electron chi connectivity index (χ3n) is 5.22. The fourth-order valence-electron chi connectivity index (χ4n) is 3.56. The Kier molecular flexibility index (Phi) is 5.62. The first-order valence-electron chi connectivity index (χ1n) is 9.93. The molecule has 1 aliphatic heterocycles. The summed E-state index contributed by atoms with van der Waals surface area (Å²) in [6.07, 6.45) is 3.78. The summed E-state index contributed by atoms with van der Waals surface area (Å²) in [7, 11) is 0. The Morgan fingerprint density at radius 1 is 1.31 bits per heavy atom. The molecule has 152 valence electrons. The van der Waals surface area contributed by atoms with Gasteiger partial charge < -0.3 is 10.2 Å². The lowest BCUT2D eigenvalue weighted by atomic mass is 10.0. The van der Waals surface area contributed by atoms with Gasteiger partial charge in [0.15, 0.2) is 10.8 Å². The van der Waals surface area contributed by atoms with Gasteiger partial charge in [0.1, 0.15) is 17.6 Å². The van der Waals surface area contributed by atoms with Crippen molar-refractivity contribution in [2.75, 3.05) is 18.0 Å². The van der Waals surface area contributed by atoms with Crippen molar-refractivity contribution in [2.24, 2.45) is 5.92 Å². The van der Waals surface area contributed by atoms with Crippen LogP contribution in [-0.2, 0) is 17.9 Å². The van der Waals surface area contributed by atoms with E-state index in [0.29, 0.717) is 22.8 Å². The Bertz CT molecular complexity index is 1070. The van der Waals surface area contributed by atoms with Crippen LogP contribution in [0.1, 0.15) is 30.9 Å². The number of rotatable bonds is 5. The molecular weight excluding hydrogens is 386 g/mol. The number of nitrogens with one attached hydrogen (secondary N) is 1. The van der Waals surface area contributed by atoms with Crippen LogP contribution < -0.4 is 15.8 Å². The van der Waals surface area contributed by atoms with Crippen molar-refractivity contribution in [1.29, 1.82) is 0 Å². The molecule has 3 aromatic rings. The summed E-state index contributed by atoms with van der Waals surface area (Å²) in [6, 6.07) is 7.98. The maximum absolute atomic E-state index is 12.8. The highest BCUT2D eigenvalue weighted by atomic mass is 32.1. The molecule has 1 N–H and O–H groups in total. The number of thiazole rings is 1. The van der Waals surface area contributed by atoms with E-state index in [0.717, 1.165) is 30.2 Å². The predicted octanol–water partition coefficient (Wildman–Crippen LogP) is 2.71. The second kappa shape index (κ2) is 8.32. The number of fused-ring (bicyclic) bond motifs is 1. The summed E-state index contributed by atoms with van der Waals surface area (Å²) < 4.78 is 1.86. The van der Waals surface area contributed by atoms with Crippen molar-refractivity contribution in [3.8, 4) is 0 Å². The number of aryl methyl sites for hydroxylation is 1. The van der Waals surface area contributed by atoms with Crippen LogP contribution in [0.5, 0.6) is 0 Å². The number of amides is 1. The van der Waals surface area contributed by atoms with Crippen LogP contribution in [0.25, 0.3) is 10.3 Å². The second-order valence-corrected chi connectivity index (χ2v) is 8.76. The number of carbonyl (C=O) groups is 1. The molecule has 0 spiro atoms. The van der Waals surface area contributed by atoms with Gasteiger partial charge in [0.2, 0.25) is 5.91 Å². The van der Waals surface area contributed by atoms with Gasteiger partial charge in [-0.15, -0.1) is 0 Å². The average Bonchev–Trinajstić information content (AvgIpc) is 3.15. The molecular formula is C21H25N5O2S. The Labute approximate surface area is 173 Å². The lowest BCUT2D eigenvalue weighted by molar-refractivity contribution is -0.121. The molecule has 1 atom stereocenters. The molecule has 2 aromatic heterocycles. The van der Waals surface area contributed by atoms with Crippen LogP contribution in [0.15, 0.2) is 35.4 Å². The average molecular weight is 412 g/mol. The van der Waals surface area contributed by atoms with Crippen molar-refractivity contribution in [3.05, 3.63) is 52.1 Å². The lowest BCUT2D eigenvalue weighted by Gasteiger charge is -2.30.